The summed E-state index contributed by atoms with van der Waals surface area (Å²) in [6.07, 6.45) is 1.96. The summed E-state index contributed by atoms with van der Waals surface area (Å²) in [5.41, 5.74) is 9.44. The van der Waals surface area contributed by atoms with E-state index in [0.29, 0.717) is 5.56 Å². The van der Waals surface area contributed by atoms with E-state index in [2.05, 4.69) is 12.1 Å². The van der Waals surface area contributed by atoms with Gasteiger partial charge in [-0.05, 0) is 41.7 Å². The van der Waals surface area contributed by atoms with E-state index in [9.17, 15) is 8.78 Å². The van der Waals surface area contributed by atoms with Crippen LogP contribution in [0.25, 0.3) is 0 Å². The Morgan fingerprint density at radius 2 is 1.84 bits per heavy atom. The maximum atomic E-state index is 13.3. The zero-order valence-electron chi connectivity index (χ0n) is 10.4. The first kappa shape index (κ1) is 12.3. The van der Waals surface area contributed by atoms with Crippen LogP contribution in [-0.2, 0) is 6.42 Å². The second-order valence-corrected chi connectivity index (χ2v) is 5.04. The van der Waals surface area contributed by atoms with E-state index in [0.717, 1.165) is 18.9 Å². The van der Waals surface area contributed by atoms with Crippen LogP contribution in [0.1, 0.15) is 35.1 Å². The van der Waals surface area contributed by atoms with Gasteiger partial charge in [0.05, 0.1) is 0 Å². The third-order valence-corrected chi connectivity index (χ3v) is 3.94. The number of aryl methyl sites for hydroxylation is 1. The van der Waals surface area contributed by atoms with E-state index in [1.54, 1.807) is 6.07 Å². The van der Waals surface area contributed by atoms with Crippen LogP contribution in [0.2, 0.25) is 0 Å². The lowest BCUT2D eigenvalue weighted by molar-refractivity contribution is 0.498. The third kappa shape index (κ3) is 2.15. The maximum absolute atomic E-state index is 13.3. The van der Waals surface area contributed by atoms with Gasteiger partial charge in [0.25, 0.3) is 0 Å². The van der Waals surface area contributed by atoms with Gasteiger partial charge in [0.15, 0.2) is 11.6 Å². The Bertz CT molecular complexity index is 609. The third-order valence-electron chi connectivity index (χ3n) is 3.94. The van der Waals surface area contributed by atoms with E-state index in [1.165, 1.54) is 17.2 Å². The molecule has 2 N–H and O–H groups in total. The molecule has 0 fully saturated rings. The summed E-state index contributed by atoms with van der Waals surface area (Å²) in [4.78, 5) is 0. The van der Waals surface area contributed by atoms with Crippen LogP contribution in [0.3, 0.4) is 0 Å². The van der Waals surface area contributed by atoms with Crippen LogP contribution >= 0.6 is 0 Å². The molecule has 3 rings (SSSR count). The number of benzene rings is 2. The largest absolute Gasteiger partial charge is 0.323 e. The predicted octanol–water partition coefficient (Wildman–Crippen LogP) is 3.69. The van der Waals surface area contributed by atoms with Crippen LogP contribution in [0.15, 0.2) is 42.5 Å². The fourth-order valence-corrected chi connectivity index (χ4v) is 2.92. The smallest absolute Gasteiger partial charge is 0.159 e. The van der Waals surface area contributed by atoms with E-state index in [-0.39, 0.29) is 12.0 Å². The highest BCUT2D eigenvalue weighted by Crippen LogP contribution is 2.40. The molecule has 2 aromatic carbocycles. The molecule has 0 aromatic heterocycles. The second kappa shape index (κ2) is 4.74. The Kier molecular flexibility index (Phi) is 3.07. The summed E-state index contributed by atoms with van der Waals surface area (Å²) in [5, 5.41) is 0. The Balaban J connectivity index is 1.93. The Morgan fingerprint density at radius 3 is 2.63 bits per heavy atom. The summed E-state index contributed by atoms with van der Waals surface area (Å²) in [6, 6.07) is 11.8. The average molecular weight is 259 g/mol. The molecule has 0 heterocycles. The molecule has 1 aliphatic rings. The van der Waals surface area contributed by atoms with E-state index >= 15 is 0 Å². The van der Waals surface area contributed by atoms with Crippen molar-refractivity contribution in [2.24, 2.45) is 5.73 Å². The van der Waals surface area contributed by atoms with Crippen molar-refractivity contribution >= 4 is 0 Å². The molecule has 1 aliphatic carbocycles. The van der Waals surface area contributed by atoms with E-state index in [1.807, 2.05) is 12.1 Å². The number of hydrogen-bond acceptors (Lipinski definition) is 1. The predicted molar refractivity (Wildman–Crippen MR) is 70.8 cm³/mol. The molecular formula is C16H15F2N. The maximum Gasteiger partial charge on any atom is 0.159 e. The van der Waals surface area contributed by atoms with Crippen molar-refractivity contribution in [1.29, 1.82) is 0 Å². The van der Waals surface area contributed by atoms with Gasteiger partial charge in [-0.1, -0.05) is 30.3 Å². The molecule has 0 bridgehead atoms. The topological polar surface area (TPSA) is 26.0 Å². The molecule has 3 heteroatoms. The van der Waals surface area contributed by atoms with Gasteiger partial charge in [0.2, 0.25) is 0 Å². The van der Waals surface area contributed by atoms with E-state index in [4.69, 9.17) is 5.73 Å². The van der Waals surface area contributed by atoms with Gasteiger partial charge < -0.3 is 5.73 Å². The summed E-state index contributed by atoms with van der Waals surface area (Å²) in [7, 11) is 0. The molecule has 0 radical (unpaired) electrons. The summed E-state index contributed by atoms with van der Waals surface area (Å²) >= 11 is 0. The average Bonchev–Trinajstić information content (AvgIpc) is 2.85. The van der Waals surface area contributed by atoms with Crippen molar-refractivity contribution in [2.75, 3.05) is 0 Å². The van der Waals surface area contributed by atoms with Gasteiger partial charge in [-0.3, -0.25) is 0 Å². The summed E-state index contributed by atoms with van der Waals surface area (Å²) in [6.45, 7) is 0. The number of nitrogens with two attached hydrogens (primary N) is 1. The normalized spacial score (nSPS) is 19.2. The fraction of sp³-hybridized carbons (Fsp3) is 0.250. The molecule has 0 amide bonds. The first-order valence-corrected chi connectivity index (χ1v) is 6.45. The lowest BCUT2D eigenvalue weighted by atomic mass is 9.89. The van der Waals surface area contributed by atoms with Crippen molar-refractivity contribution in [3.05, 3.63) is 70.8 Å². The standard InChI is InChI=1S/C16H15F2N/c17-14-8-6-11(9-15(14)18)16(19)13-7-5-10-3-1-2-4-12(10)13/h1-4,6,8-9,13,16H,5,7,19H2. The number of hydrogen-bond donors (Lipinski definition) is 1. The van der Waals surface area contributed by atoms with E-state index < -0.39 is 11.6 Å². The van der Waals surface area contributed by atoms with Crippen molar-refractivity contribution < 1.29 is 8.78 Å². The van der Waals surface area contributed by atoms with Gasteiger partial charge in [-0.25, -0.2) is 8.78 Å². The highest BCUT2D eigenvalue weighted by Gasteiger charge is 2.28. The summed E-state index contributed by atoms with van der Waals surface area (Å²) in [5.74, 6) is -1.48. The van der Waals surface area contributed by atoms with Gasteiger partial charge >= 0.3 is 0 Å². The first-order chi connectivity index (χ1) is 9.16. The minimum Gasteiger partial charge on any atom is -0.323 e. The number of rotatable bonds is 2. The van der Waals surface area contributed by atoms with Gasteiger partial charge in [0, 0.05) is 12.0 Å². The van der Waals surface area contributed by atoms with Gasteiger partial charge in [-0.2, -0.15) is 0 Å². The summed E-state index contributed by atoms with van der Waals surface area (Å²) < 4.78 is 26.3. The molecule has 1 nitrogen and oxygen atoms in total. The molecule has 19 heavy (non-hydrogen) atoms. The molecule has 2 unspecified atom stereocenters. The minimum absolute atomic E-state index is 0.182. The molecule has 2 atom stereocenters. The van der Waals surface area contributed by atoms with Gasteiger partial charge in [0.1, 0.15) is 0 Å². The van der Waals surface area contributed by atoms with Crippen LogP contribution in [0, 0.1) is 11.6 Å². The monoisotopic (exact) mass is 259 g/mol. The molecule has 0 saturated carbocycles. The van der Waals surface area contributed by atoms with Crippen molar-refractivity contribution in [2.45, 2.75) is 24.8 Å². The number of halogens is 2. The highest BCUT2D eigenvalue weighted by atomic mass is 19.2. The quantitative estimate of drug-likeness (QED) is 0.874. The number of fused-ring (bicyclic) bond motifs is 1. The lowest BCUT2D eigenvalue weighted by Crippen LogP contribution is -2.18. The SMILES string of the molecule is NC(c1ccc(F)c(F)c1)C1CCc2ccccc21. The zero-order chi connectivity index (χ0) is 13.4. The van der Waals surface area contributed by atoms with Crippen LogP contribution in [0.4, 0.5) is 8.78 Å². The van der Waals surface area contributed by atoms with Crippen molar-refractivity contribution in [3.63, 3.8) is 0 Å². The van der Waals surface area contributed by atoms with Crippen molar-refractivity contribution in [1.82, 2.24) is 0 Å². The molecule has 0 saturated heterocycles. The van der Waals surface area contributed by atoms with Crippen LogP contribution in [-0.4, -0.2) is 0 Å². The molecular weight excluding hydrogens is 244 g/mol. The fourth-order valence-electron chi connectivity index (χ4n) is 2.92. The minimum atomic E-state index is -0.834. The molecule has 0 spiro atoms. The molecule has 0 aliphatic heterocycles. The zero-order valence-corrected chi connectivity index (χ0v) is 10.4. The van der Waals surface area contributed by atoms with Crippen molar-refractivity contribution in [3.8, 4) is 0 Å². The Hall–Kier alpha value is -1.74. The van der Waals surface area contributed by atoms with Crippen LogP contribution in [0.5, 0.6) is 0 Å². The first-order valence-electron chi connectivity index (χ1n) is 6.45. The Morgan fingerprint density at radius 1 is 1.05 bits per heavy atom. The molecule has 98 valence electrons. The van der Waals surface area contributed by atoms with Crippen LogP contribution < -0.4 is 5.73 Å². The highest BCUT2D eigenvalue weighted by molar-refractivity contribution is 5.38. The van der Waals surface area contributed by atoms with Gasteiger partial charge in [-0.15, -0.1) is 0 Å². The lowest BCUT2D eigenvalue weighted by Gasteiger charge is -2.21. The Labute approximate surface area is 111 Å². The molecule has 2 aromatic rings. The second-order valence-electron chi connectivity index (χ2n) is 5.04.